The third kappa shape index (κ3) is 7.08. The maximum absolute atomic E-state index is 12.1. The molecule has 0 saturated carbocycles. The predicted molar refractivity (Wildman–Crippen MR) is 124 cm³/mol. The number of nitrogens with zero attached hydrogens (tertiary/aromatic N) is 1. The number of halogens is 1. The summed E-state index contributed by atoms with van der Waals surface area (Å²) in [6, 6.07) is 22.4. The van der Waals surface area contributed by atoms with Crippen LogP contribution in [0.25, 0.3) is 0 Å². The van der Waals surface area contributed by atoms with Crippen LogP contribution in [-0.2, 0) is 11.4 Å². The lowest BCUT2D eigenvalue weighted by atomic mass is 10.1. The second-order valence-corrected chi connectivity index (χ2v) is 7.71. The highest BCUT2D eigenvalue weighted by molar-refractivity contribution is 9.10. The second-order valence-electron chi connectivity index (χ2n) is 6.79. The van der Waals surface area contributed by atoms with Gasteiger partial charge in [0.2, 0.25) is 0 Å². The topological polar surface area (TPSA) is 79.8 Å². The Morgan fingerprint density at radius 3 is 2.45 bits per heavy atom. The van der Waals surface area contributed by atoms with Gasteiger partial charge in [-0.05, 0) is 48.9 Å². The summed E-state index contributed by atoms with van der Waals surface area (Å²) in [5, 5.41) is 6.54. The number of carbonyl (C=O) groups is 2. The van der Waals surface area contributed by atoms with Gasteiger partial charge in [-0.15, -0.1) is 0 Å². The Kier molecular flexibility index (Phi) is 7.95. The van der Waals surface area contributed by atoms with E-state index in [9.17, 15) is 9.59 Å². The first kappa shape index (κ1) is 22.2. The van der Waals surface area contributed by atoms with Crippen LogP contribution in [0.1, 0.15) is 27.0 Å². The van der Waals surface area contributed by atoms with Crippen molar-refractivity contribution >= 4 is 34.0 Å². The summed E-state index contributed by atoms with van der Waals surface area (Å²) in [4.78, 5) is 24.0. The fourth-order valence-corrected chi connectivity index (χ4v) is 2.91. The van der Waals surface area contributed by atoms with E-state index in [0.717, 1.165) is 21.2 Å². The highest BCUT2D eigenvalue weighted by Crippen LogP contribution is 2.18. The zero-order valence-corrected chi connectivity index (χ0v) is 18.6. The highest BCUT2D eigenvalue weighted by atomic mass is 79.9. The predicted octanol–water partition coefficient (Wildman–Crippen LogP) is 4.22. The van der Waals surface area contributed by atoms with Crippen molar-refractivity contribution in [2.24, 2.45) is 5.10 Å². The number of benzene rings is 3. The Balaban J connectivity index is 1.49. The van der Waals surface area contributed by atoms with E-state index < -0.39 is 5.91 Å². The molecule has 6 nitrogen and oxygen atoms in total. The van der Waals surface area contributed by atoms with Gasteiger partial charge in [0.1, 0.15) is 12.4 Å². The molecule has 0 radical (unpaired) electrons. The molecule has 0 aromatic heterocycles. The minimum Gasteiger partial charge on any atom is -0.488 e. The summed E-state index contributed by atoms with van der Waals surface area (Å²) >= 11 is 3.41. The van der Waals surface area contributed by atoms with E-state index in [1.165, 1.54) is 6.21 Å². The molecule has 0 saturated heterocycles. The van der Waals surface area contributed by atoms with Crippen molar-refractivity contribution in [1.29, 1.82) is 0 Å². The van der Waals surface area contributed by atoms with Gasteiger partial charge in [0.15, 0.2) is 0 Å². The summed E-state index contributed by atoms with van der Waals surface area (Å²) in [5.41, 5.74) is 5.73. The molecule has 0 fully saturated rings. The number of aryl methyl sites for hydroxylation is 1. The van der Waals surface area contributed by atoms with Crippen LogP contribution in [0.5, 0.6) is 5.75 Å². The molecule has 3 aromatic carbocycles. The van der Waals surface area contributed by atoms with E-state index in [1.807, 2.05) is 67.6 Å². The molecule has 0 aliphatic carbocycles. The van der Waals surface area contributed by atoms with Crippen molar-refractivity contribution in [2.45, 2.75) is 13.5 Å². The van der Waals surface area contributed by atoms with E-state index >= 15 is 0 Å². The van der Waals surface area contributed by atoms with Crippen LogP contribution in [0.3, 0.4) is 0 Å². The maximum Gasteiger partial charge on any atom is 0.259 e. The van der Waals surface area contributed by atoms with Crippen LogP contribution < -0.4 is 15.5 Å². The number of rotatable bonds is 8. The first-order valence-corrected chi connectivity index (χ1v) is 10.4. The van der Waals surface area contributed by atoms with Gasteiger partial charge in [0.25, 0.3) is 11.8 Å². The maximum atomic E-state index is 12.1. The lowest BCUT2D eigenvalue weighted by Crippen LogP contribution is -2.34. The van der Waals surface area contributed by atoms with Crippen LogP contribution in [0.2, 0.25) is 0 Å². The minimum absolute atomic E-state index is 0.175. The number of ether oxygens (including phenoxy) is 1. The summed E-state index contributed by atoms with van der Waals surface area (Å²) in [6.45, 7) is 2.18. The molecule has 2 amide bonds. The normalized spacial score (nSPS) is 10.6. The number of amides is 2. The Bertz CT molecular complexity index is 1060. The first-order chi connectivity index (χ1) is 15.0. The summed E-state index contributed by atoms with van der Waals surface area (Å²) in [6.07, 6.45) is 1.51. The molecule has 158 valence electrons. The molecule has 0 atom stereocenters. The van der Waals surface area contributed by atoms with E-state index in [4.69, 9.17) is 4.74 Å². The zero-order chi connectivity index (χ0) is 22.1. The Morgan fingerprint density at radius 2 is 1.71 bits per heavy atom. The fourth-order valence-electron chi connectivity index (χ4n) is 2.64. The SMILES string of the molecule is Cc1ccc(C(=O)NCC(=O)N/N=C\c2ccccc2OCc2ccc(Br)cc2)cc1. The molecule has 0 bridgehead atoms. The van der Waals surface area contributed by atoms with Gasteiger partial charge in [-0.2, -0.15) is 5.10 Å². The largest absolute Gasteiger partial charge is 0.488 e. The molecular formula is C24H22BrN3O3. The molecule has 0 heterocycles. The molecule has 3 aromatic rings. The average Bonchev–Trinajstić information content (AvgIpc) is 2.78. The van der Waals surface area contributed by atoms with Gasteiger partial charge in [-0.1, -0.05) is 57.9 Å². The van der Waals surface area contributed by atoms with Crippen LogP contribution in [-0.4, -0.2) is 24.6 Å². The molecule has 3 rings (SSSR count). The minimum atomic E-state index is -0.426. The van der Waals surface area contributed by atoms with Crippen molar-refractivity contribution in [3.05, 3.63) is 99.5 Å². The van der Waals surface area contributed by atoms with Crippen molar-refractivity contribution in [1.82, 2.24) is 10.7 Å². The van der Waals surface area contributed by atoms with E-state index in [1.54, 1.807) is 12.1 Å². The van der Waals surface area contributed by atoms with Crippen molar-refractivity contribution < 1.29 is 14.3 Å². The summed E-state index contributed by atoms with van der Waals surface area (Å²) < 4.78 is 6.89. The first-order valence-electron chi connectivity index (χ1n) is 9.64. The molecule has 31 heavy (non-hydrogen) atoms. The van der Waals surface area contributed by atoms with Crippen molar-refractivity contribution in [3.8, 4) is 5.75 Å². The lowest BCUT2D eigenvalue weighted by molar-refractivity contribution is -0.120. The Labute approximate surface area is 189 Å². The molecule has 0 spiro atoms. The Hall–Kier alpha value is -3.45. The number of carbonyl (C=O) groups excluding carboxylic acids is 2. The number of para-hydroxylation sites is 1. The fraction of sp³-hybridized carbons (Fsp3) is 0.125. The number of hydrogen-bond acceptors (Lipinski definition) is 4. The number of hydrogen-bond donors (Lipinski definition) is 2. The zero-order valence-electron chi connectivity index (χ0n) is 17.0. The van der Waals surface area contributed by atoms with E-state index in [-0.39, 0.29) is 12.5 Å². The van der Waals surface area contributed by atoms with E-state index in [0.29, 0.717) is 17.9 Å². The number of hydrazone groups is 1. The smallest absolute Gasteiger partial charge is 0.259 e. The standard InChI is InChI=1S/C24H22BrN3O3/c1-17-6-10-19(11-7-17)24(30)26-15-23(29)28-27-14-20-4-2-3-5-22(20)31-16-18-8-12-21(25)13-9-18/h2-14H,15-16H2,1H3,(H,26,30)(H,28,29)/b27-14-. The summed E-state index contributed by atoms with van der Waals surface area (Å²) in [7, 11) is 0. The molecule has 7 heteroatoms. The Morgan fingerprint density at radius 1 is 1.00 bits per heavy atom. The van der Waals surface area contributed by atoms with Gasteiger partial charge in [-0.3, -0.25) is 9.59 Å². The van der Waals surface area contributed by atoms with Crippen LogP contribution >= 0.6 is 15.9 Å². The highest BCUT2D eigenvalue weighted by Gasteiger charge is 2.07. The van der Waals surface area contributed by atoms with Crippen LogP contribution in [0.15, 0.2) is 82.4 Å². The third-order valence-electron chi connectivity index (χ3n) is 4.34. The molecule has 0 aliphatic rings. The van der Waals surface area contributed by atoms with Gasteiger partial charge in [-0.25, -0.2) is 5.43 Å². The van der Waals surface area contributed by atoms with Crippen molar-refractivity contribution in [3.63, 3.8) is 0 Å². The molecule has 0 unspecified atom stereocenters. The number of nitrogens with one attached hydrogen (secondary N) is 2. The third-order valence-corrected chi connectivity index (χ3v) is 4.87. The quantitative estimate of drug-likeness (QED) is 0.375. The molecule has 0 aliphatic heterocycles. The van der Waals surface area contributed by atoms with Crippen LogP contribution in [0.4, 0.5) is 0 Å². The van der Waals surface area contributed by atoms with Crippen LogP contribution in [0, 0.1) is 6.92 Å². The van der Waals surface area contributed by atoms with Gasteiger partial charge < -0.3 is 10.1 Å². The van der Waals surface area contributed by atoms with Gasteiger partial charge in [0.05, 0.1) is 12.8 Å². The monoisotopic (exact) mass is 479 g/mol. The average molecular weight is 480 g/mol. The lowest BCUT2D eigenvalue weighted by Gasteiger charge is -2.09. The molecular weight excluding hydrogens is 458 g/mol. The molecule has 2 N–H and O–H groups in total. The van der Waals surface area contributed by atoms with Gasteiger partial charge >= 0.3 is 0 Å². The van der Waals surface area contributed by atoms with Gasteiger partial charge in [0, 0.05) is 15.6 Å². The van der Waals surface area contributed by atoms with E-state index in [2.05, 4.69) is 31.8 Å². The second kappa shape index (κ2) is 11.1. The van der Waals surface area contributed by atoms with Crippen molar-refractivity contribution in [2.75, 3.05) is 6.54 Å². The summed E-state index contributed by atoms with van der Waals surface area (Å²) in [5.74, 6) is -0.0908.